The van der Waals surface area contributed by atoms with E-state index in [4.69, 9.17) is 4.52 Å². The van der Waals surface area contributed by atoms with E-state index in [1.165, 1.54) is 0 Å². The summed E-state index contributed by atoms with van der Waals surface area (Å²) in [6.07, 6.45) is 3.28. The quantitative estimate of drug-likeness (QED) is 0.918. The normalized spacial score (nSPS) is 24.7. The van der Waals surface area contributed by atoms with Gasteiger partial charge in [-0.25, -0.2) is 4.79 Å². The van der Waals surface area contributed by atoms with Crippen LogP contribution < -0.4 is 5.32 Å². The van der Waals surface area contributed by atoms with Crippen LogP contribution in [0, 0.1) is 0 Å². The fourth-order valence-electron chi connectivity index (χ4n) is 3.72. The Morgan fingerprint density at radius 3 is 3.13 bits per heavy atom. The van der Waals surface area contributed by atoms with Gasteiger partial charge in [0, 0.05) is 24.7 Å². The average Bonchev–Trinajstić information content (AvgIpc) is 3.27. The van der Waals surface area contributed by atoms with E-state index >= 15 is 0 Å². The van der Waals surface area contributed by atoms with Crippen molar-refractivity contribution in [1.29, 1.82) is 0 Å². The lowest BCUT2D eigenvalue weighted by atomic mass is 9.98. The van der Waals surface area contributed by atoms with Crippen LogP contribution in [0.1, 0.15) is 19.3 Å². The lowest BCUT2D eigenvalue weighted by molar-refractivity contribution is 0.129. The van der Waals surface area contributed by atoms with Gasteiger partial charge in [0.2, 0.25) is 0 Å². The predicted molar refractivity (Wildman–Crippen MR) is 89.6 cm³/mol. The molecule has 2 aliphatic rings. The highest BCUT2D eigenvalue weighted by atomic mass is 32.1. The highest BCUT2D eigenvalue weighted by Gasteiger charge is 2.40. The number of likely N-dealkylation sites (tertiary alicyclic amines) is 2. The molecule has 1 N–H and O–H groups in total. The molecule has 4 rings (SSSR count). The summed E-state index contributed by atoms with van der Waals surface area (Å²) < 4.78 is 5.32. The number of nitrogens with zero attached hydrogens (tertiary/aromatic N) is 3. The minimum Gasteiger partial charge on any atom is -0.353 e. The van der Waals surface area contributed by atoms with Crippen molar-refractivity contribution in [3.63, 3.8) is 0 Å². The molecule has 0 spiro atoms. The maximum absolute atomic E-state index is 12.6. The largest absolute Gasteiger partial charge is 0.353 e. The lowest BCUT2D eigenvalue weighted by Crippen LogP contribution is -2.50. The summed E-state index contributed by atoms with van der Waals surface area (Å²) in [5.74, 6) is 1.16. The molecule has 0 aliphatic carbocycles. The van der Waals surface area contributed by atoms with Crippen LogP contribution in [-0.4, -0.2) is 53.2 Å². The summed E-state index contributed by atoms with van der Waals surface area (Å²) in [7, 11) is 2.16. The highest BCUT2D eigenvalue weighted by molar-refractivity contribution is 7.13. The van der Waals surface area contributed by atoms with Crippen molar-refractivity contribution < 1.29 is 9.32 Å². The van der Waals surface area contributed by atoms with Gasteiger partial charge in [0.05, 0.1) is 4.88 Å². The summed E-state index contributed by atoms with van der Waals surface area (Å²) in [4.78, 5) is 17.9. The third-order valence-electron chi connectivity index (χ3n) is 4.86. The molecule has 4 heterocycles. The molecule has 7 heteroatoms. The van der Waals surface area contributed by atoms with Gasteiger partial charge in [-0.3, -0.25) is 5.32 Å². The number of likely N-dealkylation sites (N-methyl/N-ethyl adjacent to an activating group) is 1. The standard InChI is InChI=1S/C16H20N4O2S/c1-19-7-2-4-12-11(19)6-8-20(12)16(21)17-15-10-13(22-18-15)14-5-3-9-23-14/h3,5,9-12H,2,4,6-8H2,1H3,(H,17,18,21). The number of aromatic nitrogens is 1. The maximum atomic E-state index is 12.6. The van der Waals surface area contributed by atoms with Crippen LogP contribution in [0.3, 0.4) is 0 Å². The zero-order valence-electron chi connectivity index (χ0n) is 13.1. The molecule has 0 bridgehead atoms. The van der Waals surface area contributed by atoms with Gasteiger partial charge < -0.3 is 14.3 Å². The molecule has 0 saturated carbocycles. The second kappa shape index (κ2) is 5.98. The highest BCUT2D eigenvalue weighted by Crippen LogP contribution is 2.31. The molecule has 2 saturated heterocycles. The number of thiophene rings is 1. The number of fused-ring (bicyclic) bond motifs is 1. The van der Waals surface area contributed by atoms with Crippen LogP contribution in [0.2, 0.25) is 0 Å². The van der Waals surface area contributed by atoms with E-state index in [2.05, 4.69) is 22.4 Å². The minimum atomic E-state index is -0.0705. The van der Waals surface area contributed by atoms with E-state index in [1.54, 1.807) is 17.4 Å². The van der Waals surface area contributed by atoms with Crippen LogP contribution in [0.15, 0.2) is 28.1 Å². The second-order valence-electron chi connectivity index (χ2n) is 6.22. The number of rotatable bonds is 2. The molecule has 2 aromatic rings. The fraction of sp³-hybridized carbons (Fsp3) is 0.500. The first kappa shape index (κ1) is 14.7. The number of hydrogen-bond donors (Lipinski definition) is 1. The van der Waals surface area contributed by atoms with E-state index in [0.717, 1.165) is 37.2 Å². The van der Waals surface area contributed by atoms with Gasteiger partial charge in [-0.2, -0.15) is 0 Å². The molecular formula is C16H20N4O2S. The summed E-state index contributed by atoms with van der Waals surface area (Å²) in [5, 5.41) is 8.83. The van der Waals surface area contributed by atoms with Crippen molar-refractivity contribution in [2.45, 2.75) is 31.3 Å². The fourth-order valence-corrected chi connectivity index (χ4v) is 4.39. The van der Waals surface area contributed by atoms with Gasteiger partial charge >= 0.3 is 6.03 Å². The third kappa shape index (κ3) is 2.74. The smallest absolute Gasteiger partial charge is 0.323 e. The first-order valence-corrected chi connectivity index (χ1v) is 8.89. The van der Waals surface area contributed by atoms with Crippen LogP contribution in [-0.2, 0) is 0 Å². The maximum Gasteiger partial charge on any atom is 0.323 e. The van der Waals surface area contributed by atoms with Gasteiger partial charge in [-0.05, 0) is 44.3 Å². The zero-order chi connectivity index (χ0) is 15.8. The van der Waals surface area contributed by atoms with Crippen molar-refractivity contribution in [2.75, 3.05) is 25.5 Å². The van der Waals surface area contributed by atoms with Crippen molar-refractivity contribution in [3.05, 3.63) is 23.6 Å². The number of nitrogens with one attached hydrogen (secondary N) is 1. The van der Waals surface area contributed by atoms with Gasteiger partial charge in [0.1, 0.15) is 0 Å². The summed E-state index contributed by atoms with van der Waals surface area (Å²) in [6.45, 7) is 1.94. The topological polar surface area (TPSA) is 61.6 Å². The second-order valence-corrected chi connectivity index (χ2v) is 7.17. The van der Waals surface area contributed by atoms with Gasteiger partial charge in [-0.15, -0.1) is 11.3 Å². The molecule has 2 fully saturated rings. The van der Waals surface area contributed by atoms with Crippen LogP contribution >= 0.6 is 11.3 Å². The molecule has 0 aromatic carbocycles. The molecule has 0 radical (unpaired) electrons. The molecule has 2 aliphatic heterocycles. The first-order valence-electron chi connectivity index (χ1n) is 8.01. The molecular weight excluding hydrogens is 312 g/mol. The number of hydrogen-bond acceptors (Lipinski definition) is 5. The van der Waals surface area contributed by atoms with E-state index in [-0.39, 0.29) is 6.03 Å². The Labute approximate surface area is 139 Å². The van der Waals surface area contributed by atoms with E-state index < -0.39 is 0 Å². The molecule has 2 aromatic heterocycles. The van der Waals surface area contributed by atoms with Gasteiger partial charge in [0.15, 0.2) is 11.6 Å². The minimum absolute atomic E-state index is 0.0705. The number of carbonyl (C=O) groups excluding carboxylic acids is 1. The number of anilines is 1. The summed E-state index contributed by atoms with van der Waals surface area (Å²) in [6, 6.07) is 6.46. The van der Waals surface area contributed by atoms with Crippen molar-refractivity contribution in [2.24, 2.45) is 0 Å². The Bertz CT molecular complexity index is 684. The Hall–Kier alpha value is -1.86. The molecule has 2 unspecified atom stereocenters. The van der Waals surface area contributed by atoms with E-state index in [1.807, 2.05) is 22.4 Å². The zero-order valence-corrected chi connectivity index (χ0v) is 13.9. The first-order chi connectivity index (χ1) is 11.2. The summed E-state index contributed by atoms with van der Waals surface area (Å²) >= 11 is 1.59. The van der Waals surface area contributed by atoms with Crippen LogP contribution in [0.5, 0.6) is 0 Å². The Morgan fingerprint density at radius 2 is 2.30 bits per heavy atom. The predicted octanol–water partition coefficient (Wildman–Crippen LogP) is 3.10. The van der Waals surface area contributed by atoms with E-state index in [9.17, 15) is 4.79 Å². The van der Waals surface area contributed by atoms with Gasteiger partial charge in [0.25, 0.3) is 0 Å². The van der Waals surface area contributed by atoms with Gasteiger partial charge in [-0.1, -0.05) is 11.2 Å². The number of carbonyl (C=O) groups is 1. The van der Waals surface area contributed by atoms with Crippen LogP contribution in [0.25, 0.3) is 10.6 Å². The number of piperidine rings is 1. The number of urea groups is 1. The van der Waals surface area contributed by atoms with Crippen molar-refractivity contribution in [3.8, 4) is 10.6 Å². The molecule has 23 heavy (non-hydrogen) atoms. The Morgan fingerprint density at radius 1 is 1.39 bits per heavy atom. The average molecular weight is 332 g/mol. The number of amides is 2. The SMILES string of the molecule is CN1CCCC2C1CCN2C(=O)Nc1cc(-c2cccs2)on1. The molecule has 2 atom stereocenters. The summed E-state index contributed by atoms with van der Waals surface area (Å²) in [5.41, 5.74) is 0. The van der Waals surface area contributed by atoms with E-state index in [0.29, 0.717) is 23.7 Å². The Balaban J connectivity index is 1.44. The molecule has 122 valence electrons. The Kier molecular flexibility index (Phi) is 3.82. The molecule has 2 amide bonds. The third-order valence-corrected chi connectivity index (χ3v) is 5.74. The van der Waals surface area contributed by atoms with Crippen molar-refractivity contribution in [1.82, 2.24) is 15.0 Å². The van der Waals surface area contributed by atoms with Crippen molar-refractivity contribution >= 4 is 23.2 Å². The lowest BCUT2D eigenvalue weighted by Gasteiger charge is -2.37. The monoisotopic (exact) mass is 332 g/mol. The van der Waals surface area contributed by atoms with Crippen LogP contribution in [0.4, 0.5) is 10.6 Å². The molecule has 6 nitrogen and oxygen atoms in total.